The summed E-state index contributed by atoms with van der Waals surface area (Å²) >= 11 is 0. The smallest absolute Gasteiger partial charge is 0.324 e. The summed E-state index contributed by atoms with van der Waals surface area (Å²) in [4.78, 5) is 14.7. The maximum Gasteiger partial charge on any atom is 0.324 e. The third-order valence-electron chi connectivity index (χ3n) is 1.04. The molecular formula is C5H7NO3. The van der Waals surface area contributed by atoms with Gasteiger partial charge in [0, 0.05) is 0 Å². The van der Waals surface area contributed by atoms with E-state index in [1.807, 2.05) is 0 Å². The SMILES string of the molecule is O=C(O)C1CC=CON1. The molecule has 9 heavy (non-hydrogen) atoms. The first kappa shape index (κ1) is 6.10. The summed E-state index contributed by atoms with van der Waals surface area (Å²) in [6, 6.07) is -0.588. The van der Waals surface area contributed by atoms with Gasteiger partial charge in [0.15, 0.2) is 0 Å². The zero-order valence-corrected chi connectivity index (χ0v) is 4.70. The molecule has 0 aromatic rings. The van der Waals surface area contributed by atoms with E-state index >= 15 is 0 Å². The van der Waals surface area contributed by atoms with Gasteiger partial charge in [-0.1, -0.05) is 0 Å². The monoisotopic (exact) mass is 129 g/mol. The lowest BCUT2D eigenvalue weighted by molar-refractivity contribution is -0.142. The first-order chi connectivity index (χ1) is 4.30. The van der Waals surface area contributed by atoms with E-state index in [0.29, 0.717) is 6.42 Å². The van der Waals surface area contributed by atoms with Crippen LogP contribution in [0.1, 0.15) is 6.42 Å². The number of hydroxylamine groups is 1. The van der Waals surface area contributed by atoms with Gasteiger partial charge in [0.25, 0.3) is 0 Å². The Morgan fingerprint density at radius 3 is 3.00 bits per heavy atom. The molecule has 1 heterocycles. The van der Waals surface area contributed by atoms with Crippen molar-refractivity contribution in [1.82, 2.24) is 5.48 Å². The van der Waals surface area contributed by atoms with Gasteiger partial charge in [-0.2, -0.15) is 0 Å². The largest absolute Gasteiger partial charge is 0.480 e. The van der Waals surface area contributed by atoms with Gasteiger partial charge in [0.1, 0.15) is 12.3 Å². The van der Waals surface area contributed by atoms with Gasteiger partial charge >= 0.3 is 5.97 Å². The van der Waals surface area contributed by atoms with Crippen LogP contribution in [-0.2, 0) is 9.63 Å². The molecule has 0 saturated heterocycles. The zero-order chi connectivity index (χ0) is 6.69. The van der Waals surface area contributed by atoms with Crippen LogP contribution in [0.2, 0.25) is 0 Å². The lowest BCUT2D eigenvalue weighted by Crippen LogP contribution is -2.36. The molecule has 1 atom stereocenters. The fourth-order valence-electron chi connectivity index (χ4n) is 0.561. The maximum absolute atomic E-state index is 10.2. The van der Waals surface area contributed by atoms with E-state index in [4.69, 9.17) is 5.11 Å². The first-order valence-electron chi connectivity index (χ1n) is 2.59. The molecular weight excluding hydrogens is 122 g/mol. The summed E-state index contributed by atoms with van der Waals surface area (Å²) in [5.74, 6) is -0.889. The highest BCUT2D eigenvalue weighted by Crippen LogP contribution is 1.99. The average molecular weight is 129 g/mol. The minimum absolute atomic E-state index is 0.481. The second-order valence-electron chi connectivity index (χ2n) is 1.73. The first-order valence-corrected chi connectivity index (χ1v) is 2.59. The molecule has 0 bridgehead atoms. The molecule has 4 heteroatoms. The molecule has 0 fully saturated rings. The van der Waals surface area contributed by atoms with Crippen molar-refractivity contribution >= 4 is 5.97 Å². The van der Waals surface area contributed by atoms with Crippen molar-refractivity contribution < 1.29 is 14.7 Å². The standard InChI is InChI=1S/C5H7NO3/c7-5(8)4-2-1-3-9-6-4/h1,3-4,6H,2H2,(H,7,8). The van der Waals surface area contributed by atoms with Gasteiger partial charge in [-0.05, 0) is 12.5 Å². The van der Waals surface area contributed by atoms with Crippen molar-refractivity contribution in [3.63, 3.8) is 0 Å². The van der Waals surface area contributed by atoms with Gasteiger partial charge in [0.05, 0.1) is 0 Å². The molecule has 0 radical (unpaired) electrons. The Morgan fingerprint density at radius 2 is 2.67 bits per heavy atom. The van der Waals surface area contributed by atoms with Crippen LogP contribution >= 0.6 is 0 Å². The molecule has 1 unspecified atom stereocenters. The van der Waals surface area contributed by atoms with E-state index in [1.54, 1.807) is 6.08 Å². The average Bonchev–Trinajstić information content (AvgIpc) is 1.90. The van der Waals surface area contributed by atoms with E-state index in [-0.39, 0.29) is 0 Å². The summed E-state index contributed by atoms with van der Waals surface area (Å²) in [7, 11) is 0. The summed E-state index contributed by atoms with van der Waals surface area (Å²) < 4.78 is 0. The lowest BCUT2D eigenvalue weighted by Gasteiger charge is -2.14. The Balaban J connectivity index is 2.44. The van der Waals surface area contributed by atoms with Crippen molar-refractivity contribution in [3.05, 3.63) is 12.3 Å². The summed E-state index contributed by atoms with van der Waals surface area (Å²) in [5, 5.41) is 8.36. The van der Waals surface area contributed by atoms with Crippen molar-refractivity contribution in [2.45, 2.75) is 12.5 Å². The Labute approximate surface area is 52.1 Å². The van der Waals surface area contributed by atoms with Crippen LogP contribution in [0, 0.1) is 0 Å². The molecule has 1 aliphatic heterocycles. The number of carbonyl (C=O) groups is 1. The molecule has 0 aromatic carbocycles. The summed E-state index contributed by atoms with van der Waals surface area (Å²) in [5.41, 5.74) is 2.33. The van der Waals surface area contributed by atoms with Crippen LogP contribution in [0.3, 0.4) is 0 Å². The molecule has 0 saturated carbocycles. The number of aliphatic carboxylic acids is 1. The number of carboxylic acid groups (broad SMARTS) is 1. The third kappa shape index (κ3) is 1.43. The fraction of sp³-hybridized carbons (Fsp3) is 0.400. The van der Waals surface area contributed by atoms with E-state index < -0.39 is 12.0 Å². The number of rotatable bonds is 1. The number of hydrogen-bond acceptors (Lipinski definition) is 3. The second kappa shape index (κ2) is 2.50. The normalized spacial score (nSPS) is 25.1. The maximum atomic E-state index is 10.2. The molecule has 2 N–H and O–H groups in total. The van der Waals surface area contributed by atoms with Crippen LogP contribution in [0.15, 0.2) is 12.3 Å². The van der Waals surface area contributed by atoms with Crippen LogP contribution in [-0.4, -0.2) is 17.1 Å². The van der Waals surface area contributed by atoms with Gasteiger partial charge in [-0.3, -0.25) is 4.79 Å². The van der Waals surface area contributed by atoms with E-state index in [2.05, 4.69) is 10.3 Å². The van der Waals surface area contributed by atoms with Crippen LogP contribution in [0.5, 0.6) is 0 Å². The fourth-order valence-corrected chi connectivity index (χ4v) is 0.561. The predicted molar refractivity (Wildman–Crippen MR) is 29.4 cm³/mol. The van der Waals surface area contributed by atoms with E-state index in [9.17, 15) is 4.79 Å². The summed E-state index contributed by atoms with van der Waals surface area (Å²) in [6.45, 7) is 0. The molecule has 4 nitrogen and oxygen atoms in total. The van der Waals surface area contributed by atoms with Crippen molar-refractivity contribution in [2.75, 3.05) is 0 Å². The number of carboxylic acids is 1. The molecule has 50 valence electrons. The van der Waals surface area contributed by atoms with Gasteiger partial charge in [-0.25, -0.2) is 0 Å². The van der Waals surface area contributed by atoms with Crippen molar-refractivity contribution in [3.8, 4) is 0 Å². The highest BCUT2D eigenvalue weighted by atomic mass is 16.6. The minimum Gasteiger partial charge on any atom is -0.480 e. The minimum atomic E-state index is -0.889. The predicted octanol–water partition coefficient (Wildman–Crippen LogP) is -0.122. The van der Waals surface area contributed by atoms with Crippen molar-refractivity contribution in [1.29, 1.82) is 0 Å². The zero-order valence-electron chi connectivity index (χ0n) is 4.70. The third-order valence-corrected chi connectivity index (χ3v) is 1.04. The van der Waals surface area contributed by atoms with Crippen LogP contribution < -0.4 is 5.48 Å². The quantitative estimate of drug-likeness (QED) is 0.518. The molecule has 0 aliphatic carbocycles. The molecule has 0 spiro atoms. The molecule has 1 aliphatic rings. The van der Waals surface area contributed by atoms with E-state index in [0.717, 1.165) is 0 Å². The summed E-state index contributed by atoms with van der Waals surface area (Å²) in [6.07, 6.45) is 3.57. The number of hydrogen-bond donors (Lipinski definition) is 2. The van der Waals surface area contributed by atoms with Crippen LogP contribution in [0.25, 0.3) is 0 Å². The van der Waals surface area contributed by atoms with Crippen LogP contribution in [0.4, 0.5) is 0 Å². The van der Waals surface area contributed by atoms with E-state index in [1.165, 1.54) is 6.26 Å². The molecule has 0 amide bonds. The lowest BCUT2D eigenvalue weighted by atomic mass is 10.2. The highest BCUT2D eigenvalue weighted by Gasteiger charge is 2.17. The van der Waals surface area contributed by atoms with Gasteiger partial charge in [-0.15, -0.1) is 5.48 Å². The second-order valence-corrected chi connectivity index (χ2v) is 1.73. The van der Waals surface area contributed by atoms with Gasteiger partial charge in [0.2, 0.25) is 0 Å². The Hall–Kier alpha value is -1.03. The van der Waals surface area contributed by atoms with Crippen molar-refractivity contribution in [2.24, 2.45) is 0 Å². The Kier molecular flexibility index (Phi) is 1.69. The molecule has 1 rings (SSSR count). The Morgan fingerprint density at radius 1 is 1.89 bits per heavy atom. The topological polar surface area (TPSA) is 58.6 Å². The molecule has 0 aromatic heterocycles. The Bertz CT molecular complexity index is 143. The highest BCUT2D eigenvalue weighted by molar-refractivity contribution is 5.73. The van der Waals surface area contributed by atoms with Gasteiger partial charge < -0.3 is 9.94 Å². The number of nitrogens with one attached hydrogen (secondary N) is 1.